The van der Waals surface area contributed by atoms with E-state index in [1.165, 1.54) is 5.69 Å². The summed E-state index contributed by atoms with van der Waals surface area (Å²) >= 11 is 0. The van der Waals surface area contributed by atoms with Crippen LogP contribution < -0.4 is 4.90 Å². The second-order valence-electron chi connectivity index (χ2n) is 6.52. The number of carbonyl (C=O) groups excluding carboxylic acids is 1. The Morgan fingerprint density at radius 3 is 1.90 bits per heavy atom. The molecule has 3 rings (SSSR count). The van der Waals surface area contributed by atoms with Crippen LogP contribution in [0.5, 0.6) is 0 Å². The molecule has 0 saturated carbocycles. The summed E-state index contributed by atoms with van der Waals surface area (Å²) in [6.07, 6.45) is 1.67. The van der Waals surface area contributed by atoms with Gasteiger partial charge in [-0.1, -0.05) is 72.8 Å². The molecule has 4 heteroatoms. The third-order valence-electron chi connectivity index (χ3n) is 4.68. The molecule has 29 heavy (non-hydrogen) atoms. The Kier molecular flexibility index (Phi) is 7.06. The summed E-state index contributed by atoms with van der Waals surface area (Å²) in [6.45, 7) is 6.22. The lowest BCUT2D eigenvalue weighted by molar-refractivity contribution is 0.106. The molecule has 0 aliphatic rings. The lowest BCUT2D eigenvalue weighted by Gasteiger charge is -2.20. The Morgan fingerprint density at radius 2 is 1.34 bits per heavy atom. The maximum atomic E-state index is 13.0. The van der Waals surface area contributed by atoms with E-state index in [0.717, 1.165) is 24.2 Å². The van der Waals surface area contributed by atoms with Crippen molar-refractivity contribution in [3.8, 4) is 0 Å². The maximum absolute atomic E-state index is 13.0. The van der Waals surface area contributed by atoms with E-state index in [0.29, 0.717) is 11.3 Å². The molecule has 0 fully saturated rings. The van der Waals surface area contributed by atoms with Crippen molar-refractivity contribution in [2.45, 2.75) is 13.8 Å². The zero-order chi connectivity index (χ0) is 20.5. The van der Waals surface area contributed by atoms with Gasteiger partial charge in [-0.3, -0.25) is 4.79 Å². The lowest BCUT2D eigenvalue weighted by atomic mass is 10.0. The molecule has 0 atom stereocenters. The first-order chi connectivity index (χ1) is 14.2. The van der Waals surface area contributed by atoms with Gasteiger partial charge in [0.25, 0.3) is 0 Å². The van der Waals surface area contributed by atoms with E-state index in [4.69, 9.17) is 0 Å². The normalized spacial score (nSPS) is 11.6. The first-order valence-electron chi connectivity index (χ1n) is 9.84. The third-order valence-corrected chi connectivity index (χ3v) is 4.68. The quantitative estimate of drug-likeness (QED) is 0.303. The molecule has 0 heterocycles. The summed E-state index contributed by atoms with van der Waals surface area (Å²) in [5, 5.41) is 8.49. The van der Waals surface area contributed by atoms with E-state index in [9.17, 15) is 4.79 Å². The molecule has 0 bridgehead atoms. The zero-order valence-corrected chi connectivity index (χ0v) is 16.8. The number of anilines is 1. The van der Waals surface area contributed by atoms with Crippen LogP contribution in [0.15, 0.2) is 95.1 Å². The molecule has 3 aromatic carbocycles. The van der Waals surface area contributed by atoms with Gasteiger partial charge in [-0.2, -0.15) is 5.10 Å². The predicted octanol–water partition coefficient (Wildman–Crippen LogP) is 5.24. The lowest BCUT2D eigenvalue weighted by Crippen LogP contribution is -2.21. The van der Waals surface area contributed by atoms with Crippen molar-refractivity contribution in [1.82, 2.24) is 0 Å². The van der Waals surface area contributed by atoms with Crippen molar-refractivity contribution in [2.75, 3.05) is 18.0 Å². The molecular weight excluding hydrogens is 358 g/mol. The summed E-state index contributed by atoms with van der Waals surface area (Å²) in [4.78, 5) is 15.2. The highest BCUT2D eigenvalue weighted by atomic mass is 16.1. The molecule has 0 aliphatic heterocycles. The molecule has 0 radical (unpaired) electrons. The minimum atomic E-state index is -0.147. The van der Waals surface area contributed by atoms with Gasteiger partial charge in [-0.25, -0.2) is 0 Å². The number of benzene rings is 3. The first kappa shape index (κ1) is 20.2. The highest BCUT2D eigenvalue weighted by molar-refractivity contribution is 6.51. The van der Waals surface area contributed by atoms with Gasteiger partial charge in [0.1, 0.15) is 5.71 Å². The van der Waals surface area contributed by atoms with Gasteiger partial charge in [0.05, 0.1) is 6.21 Å². The zero-order valence-electron chi connectivity index (χ0n) is 16.8. The Morgan fingerprint density at radius 1 is 0.793 bits per heavy atom. The average Bonchev–Trinajstić information content (AvgIpc) is 2.79. The number of carbonyl (C=O) groups is 1. The number of nitrogens with zero attached hydrogens (tertiary/aromatic N) is 3. The van der Waals surface area contributed by atoms with Crippen molar-refractivity contribution in [3.05, 3.63) is 102 Å². The molecule has 0 saturated heterocycles. The van der Waals surface area contributed by atoms with E-state index in [1.807, 2.05) is 60.7 Å². The molecule has 3 aromatic rings. The smallest absolute Gasteiger partial charge is 0.213 e. The maximum Gasteiger partial charge on any atom is 0.213 e. The van der Waals surface area contributed by atoms with Crippen molar-refractivity contribution < 1.29 is 4.79 Å². The molecule has 146 valence electrons. The molecule has 0 aliphatic carbocycles. The van der Waals surface area contributed by atoms with Gasteiger partial charge in [0, 0.05) is 29.9 Å². The Balaban J connectivity index is 1.86. The molecule has 0 aromatic heterocycles. The summed E-state index contributed by atoms with van der Waals surface area (Å²) in [5.41, 5.74) is 3.78. The fraction of sp³-hybridized carbons (Fsp3) is 0.160. The van der Waals surface area contributed by atoms with Crippen LogP contribution in [0.25, 0.3) is 0 Å². The van der Waals surface area contributed by atoms with Gasteiger partial charge in [0.2, 0.25) is 5.78 Å². The number of Topliss-reactive ketones (excluding diaryl/α,β-unsaturated/α-hetero) is 1. The Bertz CT molecular complexity index is 974. The van der Waals surface area contributed by atoms with Crippen molar-refractivity contribution >= 4 is 23.4 Å². The predicted molar refractivity (Wildman–Crippen MR) is 121 cm³/mol. The third kappa shape index (κ3) is 5.26. The Hall–Kier alpha value is -3.53. The van der Waals surface area contributed by atoms with Crippen LogP contribution in [0.2, 0.25) is 0 Å². The van der Waals surface area contributed by atoms with Crippen LogP contribution in [0.4, 0.5) is 5.69 Å². The molecule has 0 spiro atoms. The highest BCUT2D eigenvalue weighted by Crippen LogP contribution is 2.14. The Labute approximate surface area is 172 Å². The second-order valence-corrected chi connectivity index (χ2v) is 6.52. The number of hydrogen-bond acceptors (Lipinski definition) is 4. The van der Waals surface area contributed by atoms with E-state index in [-0.39, 0.29) is 5.78 Å². The topological polar surface area (TPSA) is 45.0 Å². The minimum Gasteiger partial charge on any atom is -0.372 e. The molecule has 0 amide bonds. The van der Waals surface area contributed by atoms with E-state index < -0.39 is 0 Å². The highest BCUT2D eigenvalue weighted by Gasteiger charge is 2.16. The monoisotopic (exact) mass is 383 g/mol. The van der Waals surface area contributed by atoms with Crippen LogP contribution >= 0.6 is 0 Å². The largest absolute Gasteiger partial charge is 0.372 e. The second kappa shape index (κ2) is 10.1. The summed E-state index contributed by atoms with van der Waals surface area (Å²) in [5.74, 6) is -0.147. The fourth-order valence-corrected chi connectivity index (χ4v) is 3.07. The average molecular weight is 383 g/mol. The van der Waals surface area contributed by atoms with Crippen LogP contribution in [-0.4, -0.2) is 30.8 Å². The van der Waals surface area contributed by atoms with Crippen molar-refractivity contribution in [1.29, 1.82) is 0 Å². The molecule has 0 unspecified atom stereocenters. The van der Waals surface area contributed by atoms with Crippen molar-refractivity contribution in [2.24, 2.45) is 10.2 Å². The first-order valence-corrected chi connectivity index (χ1v) is 9.84. The number of hydrogen-bond donors (Lipinski definition) is 0. The van der Waals surface area contributed by atoms with Gasteiger partial charge in [0.15, 0.2) is 0 Å². The van der Waals surface area contributed by atoms with Crippen molar-refractivity contribution in [3.63, 3.8) is 0 Å². The fourth-order valence-electron chi connectivity index (χ4n) is 3.07. The van der Waals surface area contributed by atoms with E-state index in [1.54, 1.807) is 18.3 Å². The van der Waals surface area contributed by atoms with E-state index in [2.05, 4.69) is 41.1 Å². The number of ketones is 1. The van der Waals surface area contributed by atoms with Gasteiger partial charge < -0.3 is 4.90 Å². The minimum absolute atomic E-state index is 0.147. The SMILES string of the molecule is CCN(CC)c1ccc(/C=N\N=C(/C(=O)c2ccccc2)c2ccccc2)cc1. The summed E-state index contributed by atoms with van der Waals surface area (Å²) in [7, 11) is 0. The molecular formula is C25H25N3O. The summed E-state index contributed by atoms with van der Waals surface area (Å²) < 4.78 is 0. The van der Waals surface area contributed by atoms with Gasteiger partial charge in [-0.15, -0.1) is 5.10 Å². The van der Waals surface area contributed by atoms with Crippen LogP contribution in [0, 0.1) is 0 Å². The van der Waals surface area contributed by atoms with Crippen LogP contribution in [0.3, 0.4) is 0 Å². The van der Waals surface area contributed by atoms with Gasteiger partial charge in [-0.05, 0) is 31.5 Å². The standard InChI is InChI=1S/C25H25N3O/c1-3-28(4-2)23-17-15-20(16-18-23)19-26-27-24(21-11-7-5-8-12-21)25(29)22-13-9-6-10-14-22/h5-19H,3-4H2,1-2H3/b26-19-,27-24-. The van der Waals surface area contributed by atoms with Crippen LogP contribution in [0.1, 0.15) is 35.3 Å². The summed E-state index contributed by atoms with van der Waals surface area (Å²) in [6, 6.07) is 26.7. The number of rotatable bonds is 8. The van der Waals surface area contributed by atoms with Gasteiger partial charge >= 0.3 is 0 Å². The van der Waals surface area contributed by atoms with E-state index >= 15 is 0 Å². The van der Waals surface area contributed by atoms with Crippen LogP contribution in [-0.2, 0) is 0 Å². The molecule has 4 nitrogen and oxygen atoms in total. The molecule has 0 N–H and O–H groups in total.